The number of anilines is 1. The number of nitrogens with one attached hydrogen (secondary N) is 1. The molecule has 0 amide bonds. The largest absolute Gasteiger partial charge is 0.478 e. The van der Waals surface area contributed by atoms with E-state index in [1.807, 2.05) is 10.9 Å². The summed E-state index contributed by atoms with van der Waals surface area (Å²) >= 11 is 12.5. The third kappa shape index (κ3) is 4.33. The van der Waals surface area contributed by atoms with Crippen molar-refractivity contribution in [2.45, 2.75) is 38.5 Å². The second kappa shape index (κ2) is 9.66. The Morgan fingerprint density at radius 2 is 2.06 bits per heavy atom. The lowest BCUT2D eigenvalue weighted by Gasteiger charge is -2.22. The van der Waals surface area contributed by atoms with E-state index in [-0.39, 0.29) is 28.2 Å². The molecule has 0 spiro atoms. The van der Waals surface area contributed by atoms with Gasteiger partial charge in [-0.25, -0.2) is 9.37 Å². The van der Waals surface area contributed by atoms with Crippen molar-refractivity contribution in [3.8, 4) is 16.9 Å². The molecule has 1 fully saturated rings. The number of pyridine rings is 1. The minimum atomic E-state index is -0.738. The number of ether oxygens (including phenoxy) is 1. The predicted molar refractivity (Wildman–Crippen MR) is 134 cm³/mol. The molecule has 11 heteroatoms. The number of hydrogen-bond donors (Lipinski definition) is 3. The number of aromatic nitrogens is 3. The normalized spacial score (nSPS) is 15.6. The SMILES string of the molecule is C[C@@H](Oc1c(N)ncc2c(-c3cnn(C4CCNCC4)c3)c(CN)oc12)c1c(Cl)ccc(F)c1Cl. The van der Waals surface area contributed by atoms with Gasteiger partial charge < -0.3 is 25.9 Å². The van der Waals surface area contributed by atoms with Crippen LogP contribution >= 0.6 is 23.2 Å². The molecule has 0 unspecified atom stereocenters. The molecule has 1 saturated heterocycles. The molecule has 0 bridgehead atoms. The zero-order valence-corrected chi connectivity index (χ0v) is 20.5. The van der Waals surface area contributed by atoms with Crippen LogP contribution in [0.5, 0.6) is 5.75 Å². The van der Waals surface area contributed by atoms with Crippen LogP contribution < -0.4 is 21.5 Å². The van der Waals surface area contributed by atoms with Gasteiger partial charge in [-0.15, -0.1) is 0 Å². The predicted octanol–water partition coefficient (Wildman–Crippen LogP) is 5.24. The van der Waals surface area contributed by atoms with Gasteiger partial charge in [0, 0.05) is 34.1 Å². The van der Waals surface area contributed by atoms with E-state index in [0.717, 1.165) is 37.1 Å². The average Bonchev–Trinajstić information content (AvgIpc) is 3.49. The number of halogens is 3. The maximum Gasteiger partial charge on any atom is 0.205 e. The van der Waals surface area contributed by atoms with Crippen molar-refractivity contribution in [1.29, 1.82) is 0 Å². The quantitative estimate of drug-likeness (QED) is 0.298. The van der Waals surface area contributed by atoms with Crippen molar-refractivity contribution in [2.24, 2.45) is 5.73 Å². The molecule has 4 heterocycles. The zero-order chi connectivity index (χ0) is 24.7. The third-order valence-corrected chi connectivity index (χ3v) is 7.04. The number of rotatable bonds is 6. The summed E-state index contributed by atoms with van der Waals surface area (Å²) in [6.45, 7) is 3.77. The van der Waals surface area contributed by atoms with Crippen LogP contribution in [-0.4, -0.2) is 27.9 Å². The molecule has 1 aromatic carbocycles. The smallest absolute Gasteiger partial charge is 0.205 e. The van der Waals surface area contributed by atoms with Crippen LogP contribution in [0.2, 0.25) is 10.0 Å². The van der Waals surface area contributed by atoms with Crippen LogP contribution in [0.4, 0.5) is 10.2 Å². The standard InChI is InChI=1S/C24H25Cl2FN6O2/c1-12(19-16(25)2-3-17(27)21(19)26)34-23-22-15(10-31-24(23)29)20(18(8-28)35-22)13-9-32-33(11-13)14-4-6-30-7-5-14/h2-3,9-12,14,30H,4-8,28H2,1H3,(H2,29,31)/t12-/m1/s1. The fraction of sp³-hybridized carbons (Fsp3) is 0.333. The van der Waals surface area contributed by atoms with Gasteiger partial charge in [-0.1, -0.05) is 23.2 Å². The van der Waals surface area contributed by atoms with Gasteiger partial charge in [0.05, 0.1) is 29.2 Å². The first-order valence-electron chi connectivity index (χ1n) is 11.3. The molecular weight excluding hydrogens is 494 g/mol. The highest BCUT2D eigenvalue weighted by Gasteiger charge is 2.26. The molecule has 3 aromatic heterocycles. The highest BCUT2D eigenvalue weighted by atomic mass is 35.5. The van der Waals surface area contributed by atoms with Crippen molar-refractivity contribution in [3.05, 3.63) is 57.9 Å². The van der Waals surface area contributed by atoms with Crippen LogP contribution in [0.3, 0.4) is 0 Å². The summed E-state index contributed by atoms with van der Waals surface area (Å²) in [6, 6.07) is 2.96. The van der Waals surface area contributed by atoms with Gasteiger partial charge >= 0.3 is 0 Å². The second-order valence-electron chi connectivity index (χ2n) is 8.53. The first kappa shape index (κ1) is 23.9. The van der Waals surface area contributed by atoms with Crippen LogP contribution in [-0.2, 0) is 6.54 Å². The van der Waals surface area contributed by atoms with E-state index < -0.39 is 11.9 Å². The molecular formula is C24H25Cl2FN6O2. The van der Waals surface area contributed by atoms with Gasteiger partial charge in [-0.2, -0.15) is 5.10 Å². The first-order valence-corrected chi connectivity index (χ1v) is 12.1. The number of benzene rings is 1. The lowest BCUT2D eigenvalue weighted by atomic mass is 10.1. The molecule has 5 N–H and O–H groups in total. The zero-order valence-electron chi connectivity index (χ0n) is 19.0. The van der Waals surface area contributed by atoms with Crippen molar-refractivity contribution in [2.75, 3.05) is 18.8 Å². The fourth-order valence-corrected chi connectivity index (χ4v) is 5.24. The summed E-state index contributed by atoms with van der Waals surface area (Å²) < 4.78 is 28.3. The molecule has 0 radical (unpaired) electrons. The Morgan fingerprint density at radius 3 is 2.80 bits per heavy atom. The van der Waals surface area contributed by atoms with Gasteiger partial charge in [-0.3, -0.25) is 4.68 Å². The second-order valence-corrected chi connectivity index (χ2v) is 9.31. The Balaban J connectivity index is 1.56. The maximum atomic E-state index is 14.1. The lowest BCUT2D eigenvalue weighted by molar-refractivity contribution is 0.227. The number of nitrogen functional groups attached to an aromatic ring is 1. The lowest BCUT2D eigenvalue weighted by Crippen LogP contribution is -2.29. The number of hydrogen-bond acceptors (Lipinski definition) is 7. The highest BCUT2D eigenvalue weighted by molar-refractivity contribution is 6.36. The molecule has 184 valence electrons. The summed E-state index contributed by atoms with van der Waals surface area (Å²) in [5, 5.41) is 8.81. The summed E-state index contributed by atoms with van der Waals surface area (Å²) in [7, 11) is 0. The Labute approximate surface area is 211 Å². The van der Waals surface area contributed by atoms with E-state index in [2.05, 4.69) is 15.4 Å². The number of nitrogens with two attached hydrogens (primary N) is 2. The Hall–Kier alpha value is -2.85. The van der Waals surface area contributed by atoms with E-state index in [1.54, 1.807) is 19.3 Å². The van der Waals surface area contributed by atoms with Gasteiger partial charge in [0.25, 0.3) is 0 Å². The van der Waals surface area contributed by atoms with Crippen LogP contribution in [0, 0.1) is 5.82 Å². The Bertz CT molecular complexity index is 1380. The average molecular weight is 519 g/mol. The Kier molecular flexibility index (Phi) is 6.59. The van der Waals surface area contributed by atoms with E-state index in [1.165, 1.54) is 12.1 Å². The number of nitrogens with zero attached hydrogens (tertiary/aromatic N) is 3. The molecule has 4 aromatic rings. The highest BCUT2D eigenvalue weighted by Crippen LogP contribution is 2.43. The van der Waals surface area contributed by atoms with Gasteiger partial charge in [0.15, 0.2) is 11.4 Å². The summed E-state index contributed by atoms with van der Waals surface area (Å²) in [6.07, 6.45) is 6.72. The van der Waals surface area contributed by atoms with Crippen LogP contribution in [0.15, 0.2) is 35.1 Å². The number of fused-ring (bicyclic) bond motifs is 1. The molecule has 1 aliphatic heterocycles. The summed E-state index contributed by atoms with van der Waals surface area (Å²) in [5.74, 6) is 0.277. The Morgan fingerprint density at radius 1 is 1.29 bits per heavy atom. The maximum absolute atomic E-state index is 14.1. The fourth-order valence-electron chi connectivity index (χ4n) is 4.56. The van der Waals surface area contributed by atoms with E-state index in [0.29, 0.717) is 28.3 Å². The van der Waals surface area contributed by atoms with E-state index in [4.69, 9.17) is 43.8 Å². The molecule has 1 aliphatic rings. The molecule has 0 aliphatic carbocycles. The van der Waals surface area contributed by atoms with E-state index in [9.17, 15) is 4.39 Å². The molecule has 8 nitrogen and oxygen atoms in total. The molecule has 0 saturated carbocycles. The number of furan rings is 1. The molecule has 35 heavy (non-hydrogen) atoms. The van der Waals surface area contributed by atoms with Crippen LogP contribution in [0.1, 0.15) is 43.2 Å². The monoisotopic (exact) mass is 518 g/mol. The number of piperidine rings is 1. The van der Waals surface area contributed by atoms with E-state index >= 15 is 0 Å². The van der Waals surface area contributed by atoms with Crippen molar-refractivity contribution in [1.82, 2.24) is 20.1 Å². The van der Waals surface area contributed by atoms with Gasteiger partial charge in [-0.05, 0) is 45.0 Å². The van der Waals surface area contributed by atoms with Crippen molar-refractivity contribution < 1.29 is 13.5 Å². The first-order chi connectivity index (χ1) is 16.9. The van der Waals surface area contributed by atoms with Gasteiger partial charge in [0.2, 0.25) is 5.75 Å². The van der Waals surface area contributed by atoms with Crippen molar-refractivity contribution in [3.63, 3.8) is 0 Å². The minimum absolute atomic E-state index is 0.113. The summed E-state index contributed by atoms with van der Waals surface area (Å²) in [5.41, 5.74) is 14.6. The molecule has 5 rings (SSSR count). The van der Waals surface area contributed by atoms with Crippen LogP contribution in [0.25, 0.3) is 22.1 Å². The summed E-state index contributed by atoms with van der Waals surface area (Å²) in [4.78, 5) is 4.32. The third-order valence-electron chi connectivity index (χ3n) is 6.33. The topological polar surface area (TPSA) is 117 Å². The minimum Gasteiger partial charge on any atom is -0.478 e. The van der Waals surface area contributed by atoms with Gasteiger partial charge in [0.1, 0.15) is 17.7 Å². The van der Waals surface area contributed by atoms with Crippen molar-refractivity contribution >= 4 is 40.0 Å². The molecule has 1 atom stereocenters.